The van der Waals surface area contributed by atoms with Crippen LogP contribution in [0.25, 0.3) is 0 Å². The Balaban J connectivity index is 3.76. The monoisotopic (exact) mass is 304 g/mol. The van der Waals surface area contributed by atoms with Gasteiger partial charge in [0, 0.05) is 0 Å². The van der Waals surface area contributed by atoms with Gasteiger partial charge in [-0.2, -0.15) is 0 Å². The van der Waals surface area contributed by atoms with Crippen molar-refractivity contribution < 1.29 is 50.9 Å². The fourth-order valence-corrected chi connectivity index (χ4v) is 1.22. The molecular formula is C9H2F6O5. The first-order chi connectivity index (χ1) is 8.97. The molecule has 0 amide bonds. The number of halogens is 6. The first-order valence-electron chi connectivity index (χ1n) is 4.40. The quantitative estimate of drug-likeness (QED) is 0.838. The fraction of sp³-hybridized carbons (Fsp3) is 0.111. The van der Waals surface area contributed by atoms with Gasteiger partial charge in [0.25, 0.3) is 0 Å². The van der Waals surface area contributed by atoms with Gasteiger partial charge in [0.15, 0.2) is 17.5 Å². The van der Waals surface area contributed by atoms with E-state index < -0.39 is 52.6 Å². The zero-order chi connectivity index (χ0) is 15.8. The lowest BCUT2D eigenvalue weighted by atomic mass is 10.1. The largest absolute Gasteiger partial charge is 0.573 e. The first-order valence-corrected chi connectivity index (χ1v) is 4.40. The lowest BCUT2D eigenvalue weighted by Gasteiger charge is -2.14. The smallest absolute Gasteiger partial charge is 0.477 e. The molecule has 2 N–H and O–H groups in total. The maximum Gasteiger partial charge on any atom is 0.573 e. The molecular weight excluding hydrogens is 302 g/mol. The highest BCUT2D eigenvalue weighted by molar-refractivity contribution is 5.95. The third-order valence-corrected chi connectivity index (χ3v) is 1.92. The van der Waals surface area contributed by atoms with Crippen LogP contribution in [0.5, 0.6) is 5.75 Å². The summed E-state index contributed by atoms with van der Waals surface area (Å²) in [6, 6.07) is 0. The Bertz CT molecular complexity index is 552. The molecule has 0 aliphatic rings. The number of ether oxygens (including phenoxy) is 1. The van der Waals surface area contributed by atoms with Crippen molar-refractivity contribution in [3.63, 3.8) is 0 Å². The Labute approximate surface area is 105 Å². The van der Waals surface area contributed by atoms with Crippen molar-refractivity contribution in [2.75, 3.05) is 0 Å². The van der Waals surface area contributed by atoms with Gasteiger partial charge in [-0.1, -0.05) is 0 Å². The van der Waals surface area contributed by atoms with Crippen LogP contribution in [-0.2, 0) is 0 Å². The Hall–Kier alpha value is -2.46. The van der Waals surface area contributed by atoms with Crippen LogP contribution in [0.2, 0.25) is 0 Å². The summed E-state index contributed by atoms with van der Waals surface area (Å²) in [6.45, 7) is 0. The normalized spacial score (nSPS) is 11.3. The second kappa shape index (κ2) is 4.90. The Morgan fingerprint density at radius 1 is 0.850 bits per heavy atom. The van der Waals surface area contributed by atoms with E-state index in [4.69, 9.17) is 10.2 Å². The number of carbonyl (C=O) groups is 2. The van der Waals surface area contributed by atoms with Crippen LogP contribution in [-0.4, -0.2) is 28.5 Å². The van der Waals surface area contributed by atoms with Crippen LogP contribution in [0.1, 0.15) is 20.7 Å². The minimum atomic E-state index is -5.65. The Morgan fingerprint density at radius 2 is 1.20 bits per heavy atom. The summed E-state index contributed by atoms with van der Waals surface area (Å²) in [5.41, 5.74) is -4.16. The van der Waals surface area contributed by atoms with Crippen LogP contribution in [0.15, 0.2) is 0 Å². The molecule has 0 spiro atoms. The SMILES string of the molecule is O=C(O)c1c(F)c(OC(F)(F)F)c(F)c(C(=O)O)c1F. The van der Waals surface area contributed by atoms with Gasteiger partial charge in [-0.05, 0) is 0 Å². The van der Waals surface area contributed by atoms with Crippen molar-refractivity contribution in [3.05, 3.63) is 28.6 Å². The zero-order valence-electron chi connectivity index (χ0n) is 8.89. The first kappa shape index (κ1) is 15.6. The number of carboxylic acid groups (broad SMARTS) is 2. The van der Waals surface area contributed by atoms with E-state index in [-0.39, 0.29) is 0 Å². The molecule has 0 unspecified atom stereocenters. The summed E-state index contributed by atoms with van der Waals surface area (Å²) in [5.74, 6) is -14.6. The van der Waals surface area contributed by atoms with Crippen LogP contribution in [0, 0.1) is 17.5 Å². The highest BCUT2D eigenvalue weighted by atomic mass is 19.4. The molecule has 5 nitrogen and oxygen atoms in total. The maximum absolute atomic E-state index is 13.3. The van der Waals surface area contributed by atoms with Gasteiger partial charge in [0.05, 0.1) is 0 Å². The number of alkyl halides is 3. The molecule has 1 aromatic carbocycles. The molecule has 0 radical (unpaired) electrons. The van der Waals surface area contributed by atoms with Gasteiger partial charge in [-0.3, -0.25) is 0 Å². The zero-order valence-corrected chi connectivity index (χ0v) is 8.89. The van der Waals surface area contributed by atoms with Gasteiger partial charge in [0.1, 0.15) is 11.1 Å². The van der Waals surface area contributed by atoms with Gasteiger partial charge < -0.3 is 14.9 Å². The van der Waals surface area contributed by atoms with Crippen molar-refractivity contribution in [2.24, 2.45) is 0 Å². The van der Waals surface area contributed by atoms with Crippen molar-refractivity contribution in [1.29, 1.82) is 0 Å². The van der Waals surface area contributed by atoms with E-state index in [1.807, 2.05) is 0 Å². The maximum atomic E-state index is 13.3. The van der Waals surface area contributed by atoms with Crippen LogP contribution < -0.4 is 4.74 Å². The molecule has 0 aliphatic carbocycles. The summed E-state index contributed by atoms with van der Waals surface area (Å²) in [7, 11) is 0. The molecule has 0 atom stereocenters. The predicted molar refractivity (Wildman–Crippen MR) is 46.9 cm³/mol. The topological polar surface area (TPSA) is 83.8 Å². The molecule has 0 aromatic heterocycles. The summed E-state index contributed by atoms with van der Waals surface area (Å²) >= 11 is 0. The molecule has 0 saturated heterocycles. The molecule has 110 valence electrons. The van der Waals surface area contributed by atoms with Crippen molar-refractivity contribution in [3.8, 4) is 5.75 Å². The van der Waals surface area contributed by atoms with E-state index in [1.165, 1.54) is 0 Å². The number of aromatic carboxylic acids is 2. The minimum Gasteiger partial charge on any atom is -0.477 e. The number of rotatable bonds is 3. The highest BCUT2D eigenvalue weighted by Crippen LogP contribution is 2.34. The third kappa shape index (κ3) is 2.75. The molecule has 0 bridgehead atoms. The molecule has 0 heterocycles. The van der Waals surface area contributed by atoms with E-state index in [2.05, 4.69) is 4.74 Å². The number of hydrogen-bond donors (Lipinski definition) is 2. The molecule has 20 heavy (non-hydrogen) atoms. The third-order valence-electron chi connectivity index (χ3n) is 1.92. The number of hydrogen-bond acceptors (Lipinski definition) is 3. The highest BCUT2D eigenvalue weighted by Gasteiger charge is 2.39. The van der Waals surface area contributed by atoms with Crippen molar-refractivity contribution >= 4 is 11.9 Å². The summed E-state index contributed by atoms with van der Waals surface area (Å²) in [4.78, 5) is 21.0. The van der Waals surface area contributed by atoms with Gasteiger partial charge in [-0.15, -0.1) is 13.2 Å². The number of benzene rings is 1. The molecule has 0 aliphatic heterocycles. The van der Waals surface area contributed by atoms with Crippen LogP contribution >= 0.6 is 0 Å². The molecule has 0 fully saturated rings. The molecule has 1 aromatic rings. The Kier molecular flexibility index (Phi) is 3.82. The van der Waals surface area contributed by atoms with Crippen molar-refractivity contribution in [1.82, 2.24) is 0 Å². The Morgan fingerprint density at radius 3 is 1.45 bits per heavy atom. The lowest BCUT2D eigenvalue weighted by molar-refractivity contribution is -0.276. The average molecular weight is 304 g/mol. The van der Waals surface area contributed by atoms with Gasteiger partial charge in [0.2, 0.25) is 5.75 Å². The van der Waals surface area contributed by atoms with Gasteiger partial charge >= 0.3 is 18.3 Å². The summed E-state index contributed by atoms with van der Waals surface area (Å²) < 4.78 is 78.6. The fourth-order valence-electron chi connectivity index (χ4n) is 1.22. The van der Waals surface area contributed by atoms with Crippen LogP contribution in [0.4, 0.5) is 26.3 Å². The van der Waals surface area contributed by atoms with E-state index in [0.717, 1.165) is 0 Å². The van der Waals surface area contributed by atoms with E-state index in [9.17, 15) is 35.9 Å². The predicted octanol–water partition coefficient (Wildman–Crippen LogP) is 2.40. The molecule has 11 heteroatoms. The average Bonchev–Trinajstić information content (AvgIpc) is 2.21. The van der Waals surface area contributed by atoms with E-state index in [1.54, 1.807) is 0 Å². The summed E-state index contributed by atoms with van der Waals surface area (Å²) in [6.07, 6.45) is -5.65. The van der Waals surface area contributed by atoms with Gasteiger partial charge in [-0.25, -0.2) is 22.8 Å². The second-order valence-electron chi connectivity index (χ2n) is 3.18. The molecule has 0 saturated carbocycles. The molecule has 1 rings (SSSR count). The van der Waals surface area contributed by atoms with E-state index in [0.29, 0.717) is 0 Å². The standard InChI is InChI=1S/C9H2F6O5/c10-3-1(7(16)17)4(11)6(20-9(13,14)15)5(12)2(3)8(18)19/h(H,16,17)(H,18,19). The van der Waals surface area contributed by atoms with Crippen molar-refractivity contribution in [2.45, 2.75) is 6.36 Å². The lowest BCUT2D eigenvalue weighted by Crippen LogP contribution is -2.22. The number of carboxylic acids is 2. The minimum absolute atomic E-state index is 2.08. The van der Waals surface area contributed by atoms with E-state index >= 15 is 0 Å². The second-order valence-corrected chi connectivity index (χ2v) is 3.18. The van der Waals surface area contributed by atoms with Crippen LogP contribution in [0.3, 0.4) is 0 Å². The summed E-state index contributed by atoms with van der Waals surface area (Å²) in [5, 5.41) is 16.9.